The van der Waals surface area contributed by atoms with E-state index in [2.05, 4.69) is 0 Å². The van der Waals surface area contributed by atoms with Crippen LogP contribution in [0.5, 0.6) is 46.0 Å². The molecular formula is C36H30O16. The summed E-state index contributed by atoms with van der Waals surface area (Å²) in [4.78, 5) is 50.5. The molecule has 0 heterocycles. The quantitative estimate of drug-likeness (QED) is 0.0410. The fourth-order valence-corrected chi connectivity index (χ4v) is 4.76. The number of hydrogen-bond donors (Lipinski definition) is 10. The lowest BCUT2D eigenvalue weighted by atomic mass is 9.95. The molecule has 0 spiro atoms. The van der Waals surface area contributed by atoms with E-state index in [1.807, 2.05) is 0 Å². The summed E-state index contributed by atoms with van der Waals surface area (Å²) in [6.45, 7) is 0. The van der Waals surface area contributed by atoms with E-state index in [1.54, 1.807) is 0 Å². The molecule has 270 valence electrons. The van der Waals surface area contributed by atoms with E-state index in [0.29, 0.717) is 0 Å². The van der Waals surface area contributed by atoms with Crippen LogP contribution in [0, 0.1) is 0 Å². The number of rotatable bonds is 13. The second kappa shape index (κ2) is 15.9. The Labute approximate surface area is 292 Å². The molecule has 0 amide bonds. The largest absolute Gasteiger partial charge is 0.504 e. The first-order chi connectivity index (χ1) is 24.5. The Morgan fingerprint density at radius 1 is 0.577 bits per heavy atom. The first kappa shape index (κ1) is 37.5. The van der Waals surface area contributed by atoms with Crippen molar-refractivity contribution in [2.75, 3.05) is 0 Å². The smallest absolute Gasteiger partial charge is 0.345 e. The van der Waals surface area contributed by atoms with E-state index in [0.717, 1.165) is 66.8 Å². The number of phenolic OH excluding ortho intramolecular Hbond substituents is 8. The third-order valence-corrected chi connectivity index (χ3v) is 7.37. The van der Waals surface area contributed by atoms with Crippen LogP contribution in [0.2, 0.25) is 0 Å². The van der Waals surface area contributed by atoms with Gasteiger partial charge >= 0.3 is 23.9 Å². The maximum Gasteiger partial charge on any atom is 0.345 e. The summed E-state index contributed by atoms with van der Waals surface area (Å²) in [7, 11) is 0. The molecule has 4 rings (SSSR count). The molecule has 0 aliphatic heterocycles. The van der Waals surface area contributed by atoms with Crippen LogP contribution >= 0.6 is 0 Å². The van der Waals surface area contributed by atoms with Gasteiger partial charge in [0, 0.05) is 24.5 Å². The molecule has 52 heavy (non-hydrogen) atoms. The van der Waals surface area contributed by atoms with Crippen LogP contribution in [0.1, 0.15) is 27.8 Å². The highest BCUT2D eigenvalue weighted by atomic mass is 16.6. The minimum absolute atomic E-state index is 0.000712. The zero-order valence-electron chi connectivity index (χ0n) is 26.6. The number of hydrogen-bond acceptors (Lipinski definition) is 14. The molecule has 0 bridgehead atoms. The Morgan fingerprint density at radius 2 is 1.06 bits per heavy atom. The zero-order chi connectivity index (χ0) is 38.3. The van der Waals surface area contributed by atoms with E-state index < -0.39 is 106 Å². The number of aromatic hydroxyl groups is 8. The molecule has 16 heteroatoms. The van der Waals surface area contributed by atoms with Crippen LogP contribution in [0.3, 0.4) is 0 Å². The molecule has 0 fully saturated rings. The summed E-state index contributed by atoms with van der Waals surface area (Å²) in [5.74, 6) is -10.8. The van der Waals surface area contributed by atoms with Gasteiger partial charge in [0.2, 0.25) is 12.2 Å². The van der Waals surface area contributed by atoms with Gasteiger partial charge < -0.3 is 60.5 Å². The Hall–Kier alpha value is -7.36. The van der Waals surface area contributed by atoms with Gasteiger partial charge in [-0.05, 0) is 76.9 Å². The highest BCUT2D eigenvalue weighted by Crippen LogP contribution is 2.39. The molecule has 2 atom stereocenters. The number of carboxylic acid groups (broad SMARTS) is 2. The monoisotopic (exact) mass is 718 g/mol. The van der Waals surface area contributed by atoms with E-state index in [4.69, 9.17) is 9.47 Å². The molecule has 0 saturated carbocycles. The molecule has 10 N–H and O–H groups in total. The number of esters is 2. The number of carboxylic acids is 2. The lowest BCUT2D eigenvalue weighted by Crippen LogP contribution is -2.29. The van der Waals surface area contributed by atoms with Crippen molar-refractivity contribution in [1.82, 2.24) is 0 Å². The zero-order valence-corrected chi connectivity index (χ0v) is 26.6. The van der Waals surface area contributed by atoms with Gasteiger partial charge in [0.15, 0.2) is 46.0 Å². The maximum absolute atomic E-state index is 13.8. The standard InChI is InChI=1S/C36H30O16/c37-22-6-1-17(12-26(22)41)11-21(36(50)52-30(35(48)49)16-19-3-8-24(39)28(43)14-19)32-20(4-9-25(40)33(32)45)5-10-31(44)51-29(34(46)47)15-18-2-7-23(38)27(42)13-18/h1-14,29-30,37-43,45H,15-16H2,(H,46,47)(H,48,49)/t29-,30+/m0/s1. The normalized spacial score (nSPS) is 12.6. The van der Waals surface area contributed by atoms with Crippen LogP contribution in [0.15, 0.2) is 72.8 Å². The first-order valence-electron chi connectivity index (χ1n) is 14.9. The van der Waals surface area contributed by atoms with Gasteiger partial charge in [0.1, 0.15) is 0 Å². The molecule has 0 aromatic heterocycles. The minimum Gasteiger partial charge on any atom is -0.504 e. The molecule has 0 saturated heterocycles. The average molecular weight is 719 g/mol. The summed E-state index contributed by atoms with van der Waals surface area (Å²) in [6, 6.07) is 12.3. The van der Waals surface area contributed by atoms with E-state index in [-0.39, 0.29) is 22.3 Å². The second-order valence-corrected chi connectivity index (χ2v) is 11.1. The summed E-state index contributed by atoms with van der Waals surface area (Å²) < 4.78 is 10.3. The molecule has 16 nitrogen and oxygen atoms in total. The van der Waals surface area contributed by atoms with Crippen molar-refractivity contribution in [3.8, 4) is 46.0 Å². The molecule has 4 aromatic rings. The van der Waals surface area contributed by atoms with Crippen LogP contribution in [-0.2, 0) is 41.5 Å². The summed E-state index contributed by atoms with van der Waals surface area (Å²) >= 11 is 0. The number of phenols is 8. The van der Waals surface area contributed by atoms with Crippen molar-refractivity contribution in [1.29, 1.82) is 0 Å². The fourth-order valence-electron chi connectivity index (χ4n) is 4.76. The van der Waals surface area contributed by atoms with Gasteiger partial charge in [-0.15, -0.1) is 0 Å². The van der Waals surface area contributed by atoms with Gasteiger partial charge in [-0.3, -0.25) is 0 Å². The predicted octanol–water partition coefficient (Wildman–Crippen LogP) is 3.36. The van der Waals surface area contributed by atoms with Gasteiger partial charge in [-0.2, -0.15) is 0 Å². The highest BCUT2D eigenvalue weighted by molar-refractivity contribution is 6.24. The number of aliphatic carboxylic acids is 2. The van der Waals surface area contributed by atoms with Crippen LogP contribution < -0.4 is 0 Å². The van der Waals surface area contributed by atoms with Crippen molar-refractivity contribution >= 4 is 41.6 Å². The summed E-state index contributed by atoms with van der Waals surface area (Å²) in [5, 5.41) is 99.3. The van der Waals surface area contributed by atoms with Gasteiger partial charge in [-0.25, -0.2) is 19.2 Å². The highest BCUT2D eigenvalue weighted by Gasteiger charge is 2.29. The molecule has 0 unspecified atom stereocenters. The van der Waals surface area contributed by atoms with Crippen molar-refractivity contribution in [3.63, 3.8) is 0 Å². The van der Waals surface area contributed by atoms with Crippen molar-refractivity contribution < 1.29 is 79.7 Å². The first-order valence-corrected chi connectivity index (χ1v) is 14.9. The van der Waals surface area contributed by atoms with Gasteiger partial charge in [-0.1, -0.05) is 24.3 Å². The molecule has 0 aliphatic carbocycles. The Kier molecular flexibility index (Phi) is 11.5. The lowest BCUT2D eigenvalue weighted by molar-refractivity contribution is -0.160. The topological polar surface area (TPSA) is 289 Å². The predicted molar refractivity (Wildman–Crippen MR) is 178 cm³/mol. The van der Waals surface area contributed by atoms with E-state index >= 15 is 0 Å². The van der Waals surface area contributed by atoms with Gasteiger partial charge in [0.25, 0.3) is 0 Å². The Bertz CT molecular complexity index is 2100. The molecule has 4 aromatic carbocycles. The second-order valence-electron chi connectivity index (χ2n) is 11.1. The van der Waals surface area contributed by atoms with E-state index in [1.165, 1.54) is 18.2 Å². The summed E-state index contributed by atoms with van der Waals surface area (Å²) in [6.07, 6.45) is -1.92. The minimum atomic E-state index is -1.93. The third kappa shape index (κ3) is 9.20. The average Bonchev–Trinajstić information content (AvgIpc) is 3.08. The Balaban J connectivity index is 1.73. The number of benzene rings is 4. The van der Waals surface area contributed by atoms with Crippen LogP contribution in [0.4, 0.5) is 0 Å². The molecule has 0 radical (unpaired) electrons. The SMILES string of the molecule is O=C(C=Cc1ccc(O)c(O)c1C(=Cc1ccc(O)c(O)c1)C(=O)O[C@H](Cc1ccc(O)c(O)c1)C(=O)O)O[C@@H](Cc1ccc(O)c(O)c1)C(=O)O. The van der Waals surface area contributed by atoms with Crippen LogP contribution in [-0.4, -0.2) is 87.2 Å². The van der Waals surface area contributed by atoms with Crippen LogP contribution in [0.25, 0.3) is 17.7 Å². The number of carbonyl (C=O) groups excluding carboxylic acids is 2. The van der Waals surface area contributed by atoms with Crippen molar-refractivity contribution in [2.24, 2.45) is 0 Å². The maximum atomic E-state index is 13.8. The van der Waals surface area contributed by atoms with Crippen molar-refractivity contribution in [2.45, 2.75) is 25.0 Å². The van der Waals surface area contributed by atoms with Crippen molar-refractivity contribution in [3.05, 3.63) is 101 Å². The molecule has 0 aliphatic rings. The number of ether oxygens (including phenoxy) is 2. The number of carbonyl (C=O) groups is 4. The Morgan fingerprint density at radius 3 is 1.56 bits per heavy atom. The lowest BCUT2D eigenvalue weighted by Gasteiger charge is -2.18. The van der Waals surface area contributed by atoms with Gasteiger partial charge in [0.05, 0.1) is 5.57 Å². The fraction of sp³-hybridized carbons (Fsp3) is 0.111. The van der Waals surface area contributed by atoms with E-state index in [9.17, 15) is 70.2 Å². The molecular weight excluding hydrogens is 688 g/mol. The summed E-state index contributed by atoms with van der Waals surface area (Å²) in [5.41, 5.74) is -1.03. The third-order valence-electron chi connectivity index (χ3n) is 7.37.